The van der Waals surface area contributed by atoms with Gasteiger partial charge in [0.2, 0.25) is 5.43 Å². The van der Waals surface area contributed by atoms with Crippen molar-refractivity contribution in [2.75, 3.05) is 6.54 Å². The Morgan fingerprint density at radius 2 is 1.88 bits per heavy atom. The van der Waals surface area contributed by atoms with Crippen LogP contribution in [0.25, 0.3) is 11.0 Å². The average Bonchev–Trinajstić information content (AvgIpc) is 3.43. The first-order chi connectivity index (χ1) is 15.4. The molecule has 0 radical (unpaired) electrons. The molecule has 0 bridgehead atoms. The van der Waals surface area contributed by atoms with Crippen LogP contribution in [0.5, 0.6) is 0 Å². The number of aromatic nitrogens is 3. The van der Waals surface area contributed by atoms with E-state index in [9.17, 15) is 14.4 Å². The number of nitrogens with zero attached hydrogens (tertiary/aromatic N) is 2. The predicted octanol–water partition coefficient (Wildman–Crippen LogP) is 3.39. The summed E-state index contributed by atoms with van der Waals surface area (Å²) in [6, 6.07) is 5.65. The zero-order valence-corrected chi connectivity index (χ0v) is 18.7. The van der Waals surface area contributed by atoms with E-state index in [4.69, 9.17) is 0 Å². The summed E-state index contributed by atoms with van der Waals surface area (Å²) < 4.78 is 1.86. The van der Waals surface area contributed by atoms with E-state index in [1.54, 1.807) is 19.3 Å². The summed E-state index contributed by atoms with van der Waals surface area (Å²) in [5.41, 5.74) is 2.23. The van der Waals surface area contributed by atoms with Crippen LogP contribution in [0.3, 0.4) is 0 Å². The van der Waals surface area contributed by atoms with Crippen molar-refractivity contribution >= 4 is 22.8 Å². The monoisotopic (exact) mass is 435 g/mol. The van der Waals surface area contributed by atoms with Crippen LogP contribution in [-0.4, -0.2) is 32.9 Å². The molecule has 32 heavy (non-hydrogen) atoms. The maximum atomic E-state index is 13.1. The Bertz CT molecular complexity index is 1220. The highest BCUT2D eigenvalue weighted by Gasteiger charge is 2.24. The molecule has 1 atom stereocenters. The van der Waals surface area contributed by atoms with Crippen LogP contribution in [0.15, 0.2) is 35.4 Å². The fourth-order valence-corrected chi connectivity index (χ4v) is 4.28. The van der Waals surface area contributed by atoms with E-state index in [1.807, 2.05) is 36.6 Å². The van der Waals surface area contributed by atoms with Gasteiger partial charge in [0.25, 0.3) is 11.8 Å². The lowest BCUT2D eigenvalue weighted by Crippen LogP contribution is -2.36. The fraction of sp³-hybridized carbons (Fsp3) is 0.417. The van der Waals surface area contributed by atoms with Gasteiger partial charge in [-0.25, -0.2) is 4.98 Å². The standard InChI is InChI=1S/C24H29N5O3/c1-4-25-23(31)17-12-29(16-7-5-6-8-16)13-18(21(17)30)24(32)26-15(3)22-27-19-10-9-14(2)11-20(19)28-22/h9-13,15-16H,4-8H2,1-3H3,(H,25,31)(H,26,32)(H,27,28). The Labute approximate surface area is 186 Å². The Kier molecular flexibility index (Phi) is 6.12. The van der Waals surface area contributed by atoms with Crippen molar-refractivity contribution in [1.82, 2.24) is 25.2 Å². The van der Waals surface area contributed by atoms with Crippen molar-refractivity contribution in [2.45, 2.75) is 58.5 Å². The molecule has 3 N–H and O–H groups in total. The van der Waals surface area contributed by atoms with Crippen molar-refractivity contribution < 1.29 is 9.59 Å². The van der Waals surface area contributed by atoms with E-state index in [-0.39, 0.29) is 17.2 Å². The van der Waals surface area contributed by atoms with Gasteiger partial charge >= 0.3 is 0 Å². The molecule has 8 heteroatoms. The molecule has 0 spiro atoms. The molecule has 1 saturated carbocycles. The van der Waals surface area contributed by atoms with Crippen LogP contribution in [0.4, 0.5) is 0 Å². The van der Waals surface area contributed by atoms with Crippen molar-refractivity contribution in [1.29, 1.82) is 0 Å². The molecule has 2 heterocycles. The Balaban J connectivity index is 1.65. The number of imidazole rings is 1. The zero-order chi connectivity index (χ0) is 22.8. The number of pyridine rings is 1. The van der Waals surface area contributed by atoms with Crippen LogP contribution in [0, 0.1) is 6.92 Å². The van der Waals surface area contributed by atoms with Gasteiger partial charge in [0.05, 0.1) is 17.1 Å². The number of hydrogen-bond acceptors (Lipinski definition) is 4. The second kappa shape index (κ2) is 8.98. The molecule has 4 rings (SSSR count). The van der Waals surface area contributed by atoms with Gasteiger partial charge in [-0.05, 0) is 51.3 Å². The minimum atomic E-state index is -0.560. The van der Waals surface area contributed by atoms with Crippen LogP contribution in [0.2, 0.25) is 0 Å². The number of carbonyl (C=O) groups excluding carboxylic acids is 2. The molecular formula is C24H29N5O3. The summed E-state index contributed by atoms with van der Waals surface area (Å²) in [4.78, 5) is 46.5. The van der Waals surface area contributed by atoms with Crippen molar-refractivity contribution in [3.05, 3.63) is 63.3 Å². The van der Waals surface area contributed by atoms with Gasteiger partial charge in [-0.3, -0.25) is 14.4 Å². The molecule has 2 aromatic heterocycles. The van der Waals surface area contributed by atoms with Crippen LogP contribution in [-0.2, 0) is 0 Å². The summed E-state index contributed by atoms with van der Waals surface area (Å²) in [7, 11) is 0. The molecular weight excluding hydrogens is 406 g/mol. The predicted molar refractivity (Wildman–Crippen MR) is 123 cm³/mol. The second-order valence-electron chi connectivity index (χ2n) is 8.50. The maximum Gasteiger partial charge on any atom is 0.257 e. The van der Waals surface area contributed by atoms with E-state index < -0.39 is 23.3 Å². The largest absolute Gasteiger partial charge is 0.352 e. The molecule has 1 aromatic carbocycles. The van der Waals surface area contributed by atoms with Gasteiger partial charge in [-0.2, -0.15) is 0 Å². The van der Waals surface area contributed by atoms with Gasteiger partial charge in [-0.1, -0.05) is 18.9 Å². The summed E-state index contributed by atoms with van der Waals surface area (Å²) in [6.07, 6.45) is 7.30. The molecule has 3 aromatic rings. The minimum absolute atomic E-state index is 0.00161. The lowest BCUT2D eigenvalue weighted by Gasteiger charge is -2.18. The number of H-pyrrole nitrogens is 1. The number of nitrogens with one attached hydrogen (secondary N) is 3. The van der Waals surface area contributed by atoms with Crippen LogP contribution < -0.4 is 16.1 Å². The highest BCUT2D eigenvalue weighted by molar-refractivity contribution is 5.99. The quantitative estimate of drug-likeness (QED) is 0.551. The van der Waals surface area contributed by atoms with Gasteiger partial charge in [0, 0.05) is 25.0 Å². The Hall–Kier alpha value is -3.42. The topological polar surface area (TPSA) is 109 Å². The number of rotatable bonds is 6. The number of hydrogen-bond donors (Lipinski definition) is 3. The number of aromatic amines is 1. The lowest BCUT2D eigenvalue weighted by molar-refractivity contribution is 0.0936. The molecule has 2 amide bonds. The summed E-state index contributed by atoms with van der Waals surface area (Å²) in [6.45, 7) is 6.01. The second-order valence-corrected chi connectivity index (χ2v) is 8.50. The maximum absolute atomic E-state index is 13.1. The number of carbonyl (C=O) groups is 2. The SMILES string of the molecule is CCNC(=O)c1cn(C2CCCC2)cc(C(=O)NC(C)c2nc3ccc(C)cc3[nH]2)c1=O. The molecule has 1 unspecified atom stereocenters. The summed E-state index contributed by atoms with van der Waals surface area (Å²) in [5.74, 6) is -0.369. The highest BCUT2D eigenvalue weighted by Crippen LogP contribution is 2.29. The van der Waals surface area contributed by atoms with Crippen molar-refractivity contribution in [3.63, 3.8) is 0 Å². The van der Waals surface area contributed by atoms with E-state index >= 15 is 0 Å². The highest BCUT2D eigenvalue weighted by atomic mass is 16.2. The molecule has 8 nitrogen and oxygen atoms in total. The van der Waals surface area contributed by atoms with E-state index in [2.05, 4.69) is 20.6 Å². The number of fused-ring (bicyclic) bond motifs is 1. The van der Waals surface area contributed by atoms with Gasteiger partial charge in [-0.15, -0.1) is 0 Å². The van der Waals surface area contributed by atoms with Gasteiger partial charge < -0.3 is 20.2 Å². The number of amides is 2. The van der Waals surface area contributed by atoms with E-state index in [0.29, 0.717) is 12.4 Å². The normalized spacial score (nSPS) is 15.1. The molecule has 1 fully saturated rings. The number of benzene rings is 1. The smallest absolute Gasteiger partial charge is 0.257 e. The van der Waals surface area contributed by atoms with Crippen molar-refractivity contribution in [2.24, 2.45) is 0 Å². The first kappa shape index (κ1) is 21.8. The summed E-state index contributed by atoms with van der Waals surface area (Å²) in [5, 5.41) is 5.54. The van der Waals surface area contributed by atoms with Gasteiger partial charge in [0.1, 0.15) is 17.0 Å². The zero-order valence-electron chi connectivity index (χ0n) is 18.7. The first-order valence-corrected chi connectivity index (χ1v) is 11.2. The van der Waals surface area contributed by atoms with Crippen LogP contribution >= 0.6 is 0 Å². The number of aryl methyl sites for hydroxylation is 1. The average molecular weight is 436 g/mol. The first-order valence-electron chi connectivity index (χ1n) is 11.2. The third-order valence-corrected chi connectivity index (χ3v) is 6.03. The molecule has 1 aliphatic rings. The lowest BCUT2D eigenvalue weighted by atomic mass is 10.1. The van der Waals surface area contributed by atoms with Crippen molar-refractivity contribution in [3.8, 4) is 0 Å². The molecule has 0 aliphatic heterocycles. The molecule has 0 saturated heterocycles. The third-order valence-electron chi connectivity index (χ3n) is 6.03. The van der Waals surface area contributed by atoms with E-state index in [0.717, 1.165) is 42.3 Å². The fourth-order valence-electron chi connectivity index (χ4n) is 4.28. The summed E-state index contributed by atoms with van der Waals surface area (Å²) >= 11 is 0. The molecule has 168 valence electrons. The van der Waals surface area contributed by atoms with E-state index in [1.165, 1.54) is 0 Å². The Morgan fingerprint density at radius 1 is 1.19 bits per heavy atom. The third kappa shape index (κ3) is 4.30. The molecule has 1 aliphatic carbocycles. The minimum Gasteiger partial charge on any atom is -0.352 e. The van der Waals surface area contributed by atoms with Gasteiger partial charge in [0.15, 0.2) is 0 Å². The van der Waals surface area contributed by atoms with Crippen LogP contribution in [0.1, 0.15) is 83.7 Å². The Morgan fingerprint density at radius 3 is 2.56 bits per heavy atom.